The summed E-state index contributed by atoms with van der Waals surface area (Å²) in [7, 11) is 0. The first-order valence-corrected chi connectivity index (χ1v) is 6.85. The van der Waals surface area contributed by atoms with Crippen LogP contribution in [0, 0.1) is 13.8 Å². The molecule has 0 fully saturated rings. The Morgan fingerprint density at radius 3 is 2.38 bits per heavy atom. The van der Waals surface area contributed by atoms with Gasteiger partial charge in [0.1, 0.15) is 5.75 Å². The molecule has 0 aliphatic heterocycles. The quantitative estimate of drug-likeness (QED) is 0.775. The van der Waals surface area contributed by atoms with Gasteiger partial charge in [-0.15, -0.1) is 0 Å². The van der Waals surface area contributed by atoms with E-state index in [1.54, 1.807) is 0 Å². The first kappa shape index (κ1) is 13.4. The fourth-order valence-corrected chi connectivity index (χ4v) is 2.22. The predicted octanol–water partition coefficient (Wildman–Crippen LogP) is 2.89. The Morgan fingerprint density at radius 1 is 1.25 bits per heavy atom. The van der Waals surface area contributed by atoms with Gasteiger partial charge in [-0.25, -0.2) is 0 Å². The van der Waals surface area contributed by atoms with E-state index in [1.807, 2.05) is 11.8 Å². The second-order valence-corrected chi connectivity index (χ2v) is 5.20. The van der Waals surface area contributed by atoms with E-state index in [-0.39, 0.29) is 0 Å². The summed E-state index contributed by atoms with van der Waals surface area (Å²) < 4.78 is 5.81. The summed E-state index contributed by atoms with van der Waals surface area (Å²) >= 11 is 1.90. The Morgan fingerprint density at radius 2 is 1.88 bits per heavy atom. The second kappa shape index (κ2) is 6.81. The van der Waals surface area contributed by atoms with Crippen molar-refractivity contribution >= 4 is 11.8 Å². The van der Waals surface area contributed by atoms with E-state index in [4.69, 9.17) is 10.5 Å². The molecule has 0 unspecified atom stereocenters. The lowest BCUT2D eigenvalue weighted by Gasteiger charge is -2.13. The lowest BCUT2D eigenvalue weighted by molar-refractivity contribution is 0.339. The molecule has 0 radical (unpaired) electrons. The van der Waals surface area contributed by atoms with Crippen molar-refractivity contribution < 1.29 is 4.74 Å². The van der Waals surface area contributed by atoms with Crippen molar-refractivity contribution in [2.75, 3.05) is 18.1 Å². The van der Waals surface area contributed by atoms with E-state index in [2.05, 4.69) is 32.9 Å². The second-order valence-electron chi connectivity index (χ2n) is 3.81. The van der Waals surface area contributed by atoms with Crippen molar-refractivity contribution in [1.29, 1.82) is 0 Å². The smallest absolute Gasteiger partial charge is 0.125 e. The topological polar surface area (TPSA) is 35.2 Å². The maximum atomic E-state index is 5.81. The third-order valence-corrected chi connectivity index (χ3v) is 3.30. The zero-order valence-corrected chi connectivity index (χ0v) is 11.2. The summed E-state index contributed by atoms with van der Waals surface area (Å²) in [6, 6.07) is 4.21. The number of hydrogen-bond acceptors (Lipinski definition) is 3. The molecule has 3 heteroatoms. The molecule has 0 aromatic heterocycles. The maximum Gasteiger partial charge on any atom is 0.125 e. The van der Waals surface area contributed by atoms with Crippen LogP contribution in [0.25, 0.3) is 0 Å². The molecule has 0 aliphatic carbocycles. The molecule has 1 rings (SSSR count). The lowest BCUT2D eigenvalue weighted by Crippen LogP contribution is -2.05. The van der Waals surface area contributed by atoms with E-state index in [9.17, 15) is 0 Å². The van der Waals surface area contributed by atoms with Crippen molar-refractivity contribution in [3.63, 3.8) is 0 Å². The van der Waals surface area contributed by atoms with Gasteiger partial charge in [-0.1, -0.05) is 19.1 Å². The Bertz CT molecular complexity index is 316. The van der Waals surface area contributed by atoms with E-state index in [0.717, 1.165) is 23.9 Å². The van der Waals surface area contributed by atoms with E-state index < -0.39 is 0 Å². The SMILES string of the molecule is CCSCCOc1c(C)cc(CN)cc1C. The van der Waals surface area contributed by atoms with Crippen LogP contribution >= 0.6 is 11.8 Å². The number of rotatable bonds is 6. The Kier molecular flexibility index (Phi) is 5.71. The van der Waals surface area contributed by atoms with Gasteiger partial charge < -0.3 is 10.5 Å². The first-order chi connectivity index (χ1) is 7.69. The molecule has 1 aromatic rings. The van der Waals surface area contributed by atoms with Gasteiger partial charge in [0.25, 0.3) is 0 Å². The molecule has 0 bridgehead atoms. The molecule has 0 saturated heterocycles. The van der Waals surface area contributed by atoms with Crippen LogP contribution in [-0.4, -0.2) is 18.1 Å². The number of nitrogens with two attached hydrogens (primary N) is 1. The number of thioether (sulfide) groups is 1. The summed E-state index contributed by atoms with van der Waals surface area (Å²) in [5.41, 5.74) is 9.17. The minimum Gasteiger partial charge on any atom is -0.492 e. The van der Waals surface area contributed by atoms with E-state index in [1.165, 1.54) is 16.7 Å². The predicted molar refractivity (Wildman–Crippen MR) is 72.3 cm³/mol. The highest BCUT2D eigenvalue weighted by atomic mass is 32.2. The van der Waals surface area contributed by atoms with Crippen LogP contribution in [0.2, 0.25) is 0 Å². The average molecular weight is 239 g/mol. The minimum atomic E-state index is 0.591. The van der Waals surface area contributed by atoms with Crippen LogP contribution in [0.15, 0.2) is 12.1 Å². The van der Waals surface area contributed by atoms with Crippen molar-refractivity contribution in [2.24, 2.45) is 5.73 Å². The summed E-state index contributed by atoms with van der Waals surface area (Å²) in [5.74, 6) is 3.22. The molecule has 2 nitrogen and oxygen atoms in total. The van der Waals surface area contributed by atoms with E-state index >= 15 is 0 Å². The number of benzene rings is 1. The van der Waals surface area contributed by atoms with Crippen LogP contribution in [0.5, 0.6) is 5.75 Å². The van der Waals surface area contributed by atoms with Crippen molar-refractivity contribution in [3.05, 3.63) is 28.8 Å². The third kappa shape index (κ3) is 3.72. The molecule has 0 aliphatic rings. The monoisotopic (exact) mass is 239 g/mol. The van der Waals surface area contributed by atoms with Crippen LogP contribution in [-0.2, 0) is 6.54 Å². The fraction of sp³-hybridized carbons (Fsp3) is 0.538. The zero-order chi connectivity index (χ0) is 12.0. The van der Waals surface area contributed by atoms with Gasteiger partial charge in [-0.2, -0.15) is 11.8 Å². The van der Waals surface area contributed by atoms with E-state index in [0.29, 0.717) is 6.54 Å². The molecule has 0 heterocycles. The summed E-state index contributed by atoms with van der Waals surface area (Å²) in [5, 5.41) is 0. The molecule has 0 spiro atoms. The van der Waals surface area contributed by atoms with Gasteiger partial charge in [0, 0.05) is 12.3 Å². The number of aryl methyl sites for hydroxylation is 2. The minimum absolute atomic E-state index is 0.591. The number of ether oxygens (including phenoxy) is 1. The van der Waals surface area contributed by atoms with Crippen LogP contribution in [0.1, 0.15) is 23.6 Å². The first-order valence-electron chi connectivity index (χ1n) is 5.69. The van der Waals surface area contributed by atoms with Crippen molar-refractivity contribution in [1.82, 2.24) is 0 Å². The highest BCUT2D eigenvalue weighted by Crippen LogP contribution is 2.24. The third-order valence-electron chi connectivity index (χ3n) is 2.43. The normalized spacial score (nSPS) is 10.5. The van der Waals surface area contributed by atoms with Gasteiger partial charge in [-0.3, -0.25) is 0 Å². The molecular weight excluding hydrogens is 218 g/mol. The van der Waals surface area contributed by atoms with Crippen molar-refractivity contribution in [2.45, 2.75) is 27.3 Å². The molecule has 90 valence electrons. The average Bonchev–Trinajstić information content (AvgIpc) is 2.26. The molecule has 2 N–H and O–H groups in total. The Labute approximate surface area is 103 Å². The Hall–Kier alpha value is -0.670. The fourth-order valence-electron chi connectivity index (χ4n) is 1.73. The molecule has 0 amide bonds. The van der Waals surface area contributed by atoms with Crippen molar-refractivity contribution in [3.8, 4) is 5.75 Å². The molecule has 0 atom stereocenters. The molecule has 16 heavy (non-hydrogen) atoms. The highest BCUT2D eigenvalue weighted by Gasteiger charge is 2.05. The molecule has 0 saturated carbocycles. The zero-order valence-electron chi connectivity index (χ0n) is 10.4. The van der Waals surface area contributed by atoms with Crippen LogP contribution < -0.4 is 10.5 Å². The van der Waals surface area contributed by atoms with Gasteiger partial charge in [0.05, 0.1) is 6.61 Å². The van der Waals surface area contributed by atoms with Gasteiger partial charge in [0.15, 0.2) is 0 Å². The van der Waals surface area contributed by atoms with Crippen LogP contribution in [0.3, 0.4) is 0 Å². The standard InChI is InChI=1S/C13H21NOS/c1-4-16-6-5-15-13-10(2)7-12(9-14)8-11(13)3/h7-8H,4-6,9,14H2,1-3H3. The van der Waals surface area contributed by atoms with Gasteiger partial charge >= 0.3 is 0 Å². The largest absolute Gasteiger partial charge is 0.492 e. The summed E-state index contributed by atoms with van der Waals surface area (Å²) in [4.78, 5) is 0. The highest BCUT2D eigenvalue weighted by molar-refractivity contribution is 7.99. The Balaban J connectivity index is 2.65. The van der Waals surface area contributed by atoms with Crippen LogP contribution in [0.4, 0.5) is 0 Å². The number of hydrogen-bond donors (Lipinski definition) is 1. The maximum absolute atomic E-state index is 5.81. The van der Waals surface area contributed by atoms with Gasteiger partial charge in [0.2, 0.25) is 0 Å². The molecular formula is C13H21NOS. The lowest BCUT2D eigenvalue weighted by atomic mass is 10.1. The summed E-state index contributed by atoms with van der Waals surface area (Å²) in [6.45, 7) is 7.69. The van der Waals surface area contributed by atoms with Gasteiger partial charge in [-0.05, 0) is 36.3 Å². The summed E-state index contributed by atoms with van der Waals surface area (Å²) in [6.07, 6.45) is 0. The molecule has 1 aromatic carbocycles.